The fraction of sp³-hybridized carbons (Fsp3) is 0.417. The van der Waals surface area contributed by atoms with E-state index in [0.29, 0.717) is 10.0 Å². The summed E-state index contributed by atoms with van der Waals surface area (Å²) in [6, 6.07) is 5.11. The largest absolute Gasteiger partial charge is 0.317 e. The number of thiophene rings is 1. The van der Waals surface area contributed by atoms with Gasteiger partial charge in [-0.15, -0.1) is 11.3 Å². The van der Waals surface area contributed by atoms with Crippen LogP contribution >= 0.6 is 11.3 Å². The lowest BCUT2D eigenvalue weighted by Gasteiger charge is -2.02. The van der Waals surface area contributed by atoms with Gasteiger partial charge >= 0.3 is 0 Å². The normalized spacial score (nSPS) is 11.7. The van der Waals surface area contributed by atoms with Crippen molar-refractivity contribution in [1.82, 2.24) is 15.1 Å². The molecule has 2 aromatic heterocycles. The zero-order valence-electron chi connectivity index (χ0n) is 11.5. The van der Waals surface area contributed by atoms with Crippen LogP contribution in [0.3, 0.4) is 0 Å². The molecule has 0 amide bonds. The lowest BCUT2D eigenvalue weighted by atomic mass is 10.3. The Hall–Kier alpha value is -1.38. The van der Waals surface area contributed by atoms with Gasteiger partial charge < -0.3 is 5.32 Å². The minimum atomic E-state index is -3.54. The summed E-state index contributed by atoms with van der Waals surface area (Å²) in [6.45, 7) is 3.81. The molecule has 8 heteroatoms. The molecule has 2 heterocycles. The van der Waals surface area contributed by atoms with Crippen molar-refractivity contribution in [1.29, 1.82) is 0 Å². The molecule has 2 aromatic rings. The third-order valence-corrected chi connectivity index (χ3v) is 5.64. The van der Waals surface area contributed by atoms with Crippen LogP contribution in [-0.2, 0) is 23.5 Å². The monoisotopic (exact) mass is 314 g/mol. The van der Waals surface area contributed by atoms with Crippen LogP contribution in [0.1, 0.15) is 11.8 Å². The van der Waals surface area contributed by atoms with Gasteiger partial charge in [-0.05, 0) is 31.6 Å². The number of aromatic nitrogens is 2. The van der Waals surface area contributed by atoms with Crippen molar-refractivity contribution in [2.45, 2.75) is 17.6 Å². The molecular formula is C12H18N4O2S2. The number of hydrogen-bond donors (Lipinski definition) is 2. The van der Waals surface area contributed by atoms with Gasteiger partial charge in [0.05, 0.1) is 0 Å². The van der Waals surface area contributed by atoms with Crippen molar-refractivity contribution in [2.75, 3.05) is 17.8 Å². The quantitative estimate of drug-likeness (QED) is 0.758. The van der Waals surface area contributed by atoms with E-state index in [2.05, 4.69) is 15.1 Å². The Bertz CT molecular complexity index is 661. The molecule has 0 fully saturated rings. The van der Waals surface area contributed by atoms with Gasteiger partial charge in [-0.25, -0.2) is 8.42 Å². The molecule has 0 aliphatic heterocycles. The zero-order chi connectivity index (χ0) is 14.6. The van der Waals surface area contributed by atoms with Crippen LogP contribution in [0.15, 0.2) is 28.6 Å². The first-order valence-corrected chi connectivity index (χ1v) is 8.63. The third kappa shape index (κ3) is 3.81. The Kier molecular flexibility index (Phi) is 4.79. The fourth-order valence-electron chi connectivity index (χ4n) is 1.68. The van der Waals surface area contributed by atoms with Crippen molar-refractivity contribution in [3.05, 3.63) is 29.3 Å². The molecule has 2 N–H and O–H groups in total. The number of nitrogens with one attached hydrogen (secondary N) is 2. The molecule has 110 valence electrons. The molecule has 0 bridgehead atoms. The summed E-state index contributed by atoms with van der Waals surface area (Å²) < 4.78 is 28.7. The van der Waals surface area contributed by atoms with Crippen LogP contribution in [0.5, 0.6) is 0 Å². The van der Waals surface area contributed by atoms with E-state index in [4.69, 9.17) is 0 Å². The summed E-state index contributed by atoms with van der Waals surface area (Å²) in [5.74, 6) is 0.329. The molecule has 0 aliphatic carbocycles. The van der Waals surface area contributed by atoms with Crippen LogP contribution in [0.25, 0.3) is 0 Å². The third-order valence-electron chi connectivity index (χ3n) is 2.65. The van der Waals surface area contributed by atoms with Gasteiger partial charge in [0.15, 0.2) is 5.82 Å². The second-order valence-electron chi connectivity index (χ2n) is 4.30. The van der Waals surface area contributed by atoms with Crippen LogP contribution in [0.4, 0.5) is 5.82 Å². The first-order valence-electron chi connectivity index (χ1n) is 6.33. The predicted molar refractivity (Wildman–Crippen MR) is 80.6 cm³/mol. The summed E-state index contributed by atoms with van der Waals surface area (Å²) in [5, 5.41) is 7.23. The van der Waals surface area contributed by atoms with Gasteiger partial charge in [0.25, 0.3) is 10.0 Å². The number of sulfonamides is 1. The highest BCUT2D eigenvalue weighted by Crippen LogP contribution is 2.23. The number of likely N-dealkylation sites (N-methyl/N-ethyl adjacent to an activating group) is 1. The Morgan fingerprint density at radius 3 is 2.80 bits per heavy atom. The number of anilines is 1. The number of rotatable bonds is 7. The Balaban J connectivity index is 2.06. The van der Waals surface area contributed by atoms with Crippen LogP contribution in [0.2, 0.25) is 0 Å². The molecule has 0 aromatic carbocycles. The minimum Gasteiger partial charge on any atom is -0.317 e. The molecule has 0 aliphatic rings. The van der Waals surface area contributed by atoms with E-state index in [1.165, 1.54) is 11.3 Å². The maximum Gasteiger partial charge on any atom is 0.272 e. The lowest BCUT2D eigenvalue weighted by Crippen LogP contribution is -2.15. The van der Waals surface area contributed by atoms with Crippen molar-refractivity contribution in [3.63, 3.8) is 0 Å². The maximum absolute atomic E-state index is 12.2. The topological polar surface area (TPSA) is 76.0 Å². The molecular weight excluding hydrogens is 296 g/mol. The SMILES string of the molecule is CCNCCc1ccc(S(=O)(=O)Nc2ccn(C)n2)s1. The zero-order valence-corrected chi connectivity index (χ0v) is 13.1. The van der Waals surface area contributed by atoms with Crippen molar-refractivity contribution < 1.29 is 8.42 Å². The van der Waals surface area contributed by atoms with Gasteiger partial charge in [-0.1, -0.05) is 6.92 Å². The van der Waals surface area contributed by atoms with Crippen LogP contribution in [-0.4, -0.2) is 31.3 Å². The molecule has 0 saturated carbocycles. The van der Waals surface area contributed by atoms with Gasteiger partial charge in [-0.3, -0.25) is 9.40 Å². The van der Waals surface area contributed by atoms with Crippen LogP contribution < -0.4 is 10.0 Å². The van der Waals surface area contributed by atoms with Gasteiger partial charge in [0.1, 0.15) is 4.21 Å². The van der Waals surface area contributed by atoms with E-state index < -0.39 is 10.0 Å². The maximum atomic E-state index is 12.2. The molecule has 2 rings (SSSR count). The van der Waals surface area contributed by atoms with Crippen molar-refractivity contribution in [2.24, 2.45) is 7.05 Å². The van der Waals surface area contributed by atoms with Crippen molar-refractivity contribution in [3.8, 4) is 0 Å². The second kappa shape index (κ2) is 6.38. The molecule has 0 saturated heterocycles. The Morgan fingerprint density at radius 1 is 1.35 bits per heavy atom. The average molecular weight is 314 g/mol. The smallest absolute Gasteiger partial charge is 0.272 e. The van der Waals surface area contributed by atoms with E-state index in [1.807, 2.05) is 13.0 Å². The van der Waals surface area contributed by atoms with Gasteiger partial charge in [0, 0.05) is 24.2 Å². The summed E-state index contributed by atoms with van der Waals surface area (Å²) in [6.07, 6.45) is 2.52. The molecule has 0 atom stereocenters. The summed E-state index contributed by atoms with van der Waals surface area (Å²) in [5.41, 5.74) is 0. The van der Waals surface area contributed by atoms with Gasteiger partial charge in [-0.2, -0.15) is 5.10 Å². The Morgan fingerprint density at radius 2 is 2.15 bits per heavy atom. The summed E-state index contributed by atoms with van der Waals surface area (Å²) >= 11 is 1.29. The highest BCUT2D eigenvalue weighted by atomic mass is 32.2. The van der Waals surface area contributed by atoms with Gasteiger partial charge in [0.2, 0.25) is 0 Å². The molecule has 0 spiro atoms. The molecule has 0 radical (unpaired) electrons. The predicted octanol–water partition coefficient (Wildman–Crippen LogP) is 1.43. The number of aryl methyl sites for hydroxylation is 1. The van der Waals surface area contributed by atoms with E-state index >= 15 is 0 Å². The molecule has 20 heavy (non-hydrogen) atoms. The van der Waals surface area contributed by atoms with Crippen LogP contribution in [0, 0.1) is 0 Å². The lowest BCUT2D eigenvalue weighted by molar-refractivity contribution is 0.603. The first-order chi connectivity index (χ1) is 9.51. The number of nitrogens with zero attached hydrogens (tertiary/aromatic N) is 2. The van der Waals surface area contributed by atoms with E-state index in [1.54, 1.807) is 30.1 Å². The standard InChI is InChI=1S/C12H18N4O2S2/c1-3-13-8-6-10-4-5-12(19-10)20(17,18)15-11-7-9-16(2)14-11/h4-5,7,9,13H,3,6,8H2,1-2H3,(H,14,15). The Labute approximate surface area is 122 Å². The highest BCUT2D eigenvalue weighted by molar-refractivity contribution is 7.94. The first kappa shape index (κ1) is 15.0. The molecule has 6 nitrogen and oxygen atoms in total. The van der Waals surface area contributed by atoms with E-state index in [-0.39, 0.29) is 0 Å². The van der Waals surface area contributed by atoms with E-state index in [9.17, 15) is 8.42 Å². The summed E-state index contributed by atoms with van der Waals surface area (Å²) in [4.78, 5) is 1.05. The highest BCUT2D eigenvalue weighted by Gasteiger charge is 2.17. The molecule has 0 unspecified atom stereocenters. The van der Waals surface area contributed by atoms with Crippen molar-refractivity contribution >= 4 is 27.2 Å². The second-order valence-corrected chi connectivity index (χ2v) is 7.38. The average Bonchev–Trinajstić information content (AvgIpc) is 2.99. The minimum absolute atomic E-state index is 0.314. The number of hydrogen-bond acceptors (Lipinski definition) is 5. The summed E-state index contributed by atoms with van der Waals surface area (Å²) in [7, 11) is -1.80. The fourth-order valence-corrected chi connectivity index (χ4v) is 4.03. The van der Waals surface area contributed by atoms with E-state index in [0.717, 1.165) is 24.4 Å².